The molecule has 0 unspecified atom stereocenters. The zero-order chi connectivity index (χ0) is 18.8. The second kappa shape index (κ2) is 7.44. The molecule has 0 saturated carbocycles. The summed E-state index contributed by atoms with van der Waals surface area (Å²) in [5.74, 6) is 1.43. The van der Waals surface area contributed by atoms with Crippen molar-refractivity contribution in [2.45, 2.75) is 0 Å². The topological polar surface area (TPSA) is 54.9 Å². The smallest absolute Gasteiger partial charge is 0.253 e. The number of aromatic nitrogens is 1. The summed E-state index contributed by atoms with van der Waals surface area (Å²) in [7, 11) is 3.25. The molecule has 1 aliphatic heterocycles. The fourth-order valence-electron chi connectivity index (χ4n) is 3.30. The first kappa shape index (κ1) is 17.6. The largest absolute Gasteiger partial charge is 0.493 e. The molecular weight excluding hydrogens is 362 g/mol. The SMILES string of the molecule is COc1ccc2sc(N3CCN(C(=O)c4ccccc4)CC3)nc2c1OC. The second-order valence-corrected chi connectivity index (χ2v) is 7.30. The van der Waals surface area contributed by atoms with Crippen LogP contribution in [0.1, 0.15) is 10.4 Å². The van der Waals surface area contributed by atoms with Crippen molar-refractivity contribution in [2.24, 2.45) is 0 Å². The van der Waals surface area contributed by atoms with Gasteiger partial charge in [0.05, 0.1) is 18.9 Å². The molecule has 6 nitrogen and oxygen atoms in total. The van der Waals surface area contributed by atoms with E-state index >= 15 is 0 Å². The van der Waals surface area contributed by atoms with Gasteiger partial charge in [0, 0.05) is 31.7 Å². The first-order valence-electron chi connectivity index (χ1n) is 8.82. The summed E-state index contributed by atoms with van der Waals surface area (Å²) in [6.45, 7) is 2.89. The molecule has 7 heteroatoms. The summed E-state index contributed by atoms with van der Waals surface area (Å²) in [4.78, 5) is 21.5. The summed E-state index contributed by atoms with van der Waals surface area (Å²) >= 11 is 1.63. The Hall–Kier alpha value is -2.80. The third-order valence-corrected chi connectivity index (χ3v) is 5.83. The molecule has 1 aromatic heterocycles. The quantitative estimate of drug-likeness (QED) is 0.692. The van der Waals surface area contributed by atoms with Crippen molar-refractivity contribution in [3.8, 4) is 11.5 Å². The van der Waals surface area contributed by atoms with Crippen molar-refractivity contribution < 1.29 is 14.3 Å². The van der Waals surface area contributed by atoms with Crippen molar-refractivity contribution in [1.29, 1.82) is 0 Å². The van der Waals surface area contributed by atoms with E-state index in [0.717, 1.165) is 34.0 Å². The lowest BCUT2D eigenvalue weighted by Gasteiger charge is -2.34. The van der Waals surface area contributed by atoms with E-state index in [1.54, 1.807) is 25.6 Å². The molecule has 2 aromatic carbocycles. The molecule has 1 amide bonds. The van der Waals surface area contributed by atoms with Crippen molar-refractivity contribution in [3.63, 3.8) is 0 Å². The number of hydrogen-bond acceptors (Lipinski definition) is 6. The standard InChI is InChI=1S/C20H21N3O3S/c1-25-15-8-9-16-17(18(15)26-2)21-20(27-16)23-12-10-22(11-13-23)19(24)14-6-4-3-5-7-14/h3-9H,10-13H2,1-2H3. The molecule has 1 fully saturated rings. The van der Waals surface area contributed by atoms with E-state index in [9.17, 15) is 4.79 Å². The fourth-order valence-corrected chi connectivity index (χ4v) is 4.31. The van der Waals surface area contributed by atoms with E-state index in [2.05, 4.69) is 4.90 Å². The number of benzene rings is 2. The minimum absolute atomic E-state index is 0.0888. The highest BCUT2D eigenvalue weighted by molar-refractivity contribution is 7.22. The first-order chi connectivity index (χ1) is 13.2. The van der Waals surface area contributed by atoms with E-state index in [4.69, 9.17) is 14.5 Å². The van der Waals surface area contributed by atoms with Crippen LogP contribution in [0, 0.1) is 0 Å². The van der Waals surface area contributed by atoms with E-state index in [1.807, 2.05) is 47.4 Å². The van der Waals surface area contributed by atoms with Gasteiger partial charge in [-0.2, -0.15) is 0 Å². The Kier molecular flexibility index (Phi) is 4.85. The van der Waals surface area contributed by atoms with Gasteiger partial charge in [0.2, 0.25) is 0 Å². The molecule has 2 heterocycles. The molecule has 0 N–H and O–H groups in total. The van der Waals surface area contributed by atoms with E-state index in [-0.39, 0.29) is 5.91 Å². The molecule has 0 bridgehead atoms. The maximum Gasteiger partial charge on any atom is 0.253 e. The zero-order valence-electron chi connectivity index (χ0n) is 15.3. The number of hydrogen-bond donors (Lipinski definition) is 0. The van der Waals surface area contributed by atoms with E-state index in [1.165, 1.54) is 0 Å². The highest BCUT2D eigenvalue weighted by Gasteiger charge is 2.24. The number of carbonyl (C=O) groups excluding carboxylic acids is 1. The van der Waals surface area contributed by atoms with Crippen LogP contribution in [0.5, 0.6) is 11.5 Å². The number of thiazole rings is 1. The number of fused-ring (bicyclic) bond motifs is 1. The number of anilines is 1. The Bertz CT molecular complexity index is 950. The lowest BCUT2D eigenvalue weighted by molar-refractivity contribution is 0.0747. The van der Waals surface area contributed by atoms with Crippen LogP contribution >= 0.6 is 11.3 Å². The lowest BCUT2D eigenvalue weighted by Crippen LogP contribution is -2.48. The predicted octanol–water partition coefficient (Wildman–Crippen LogP) is 3.28. The Morgan fingerprint density at radius 1 is 1.00 bits per heavy atom. The maximum absolute atomic E-state index is 12.6. The summed E-state index contributed by atoms with van der Waals surface area (Å²) in [5.41, 5.74) is 1.56. The number of nitrogens with zero attached hydrogens (tertiary/aromatic N) is 3. The normalized spacial score (nSPS) is 14.4. The molecule has 1 saturated heterocycles. The first-order valence-corrected chi connectivity index (χ1v) is 9.63. The zero-order valence-corrected chi connectivity index (χ0v) is 16.2. The van der Waals surface area contributed by atoms with Crippen molar-refractivity contribution in [1.82, 2.24) is 9.88 Å². The number of rotatable bonds is 4. The molecule has 0 aliphatic carbocycles. The number of carbonyl (C=O) groups is 1. The van der Waals surface area contributed by atoms with Crippen LogP contribution < -0.4 is 14.4 Å². The molecule has 27 heavy (non-hydrogen) atoms. The molecule has 140 valence electrons. The van der Waals surface area contributed by atoms with Crippen LogP contribution in [-0.4, -0.2) is 56.2 Å². The van der Waals surface area contributed by atoms with Crippen LogP contribution in [0.2, 0.25) is 0 Å². The molecule has 1 aliphatic rings. The van der Waals surface area contributed by atoms with Crippen molar-refractivity contribution >= 4 is 32.6 Å². The molecule has 0 radical (unpaired) electrons. The number of amides is 1. The van der Waals surface area contributed by atoms with Gasteiger partial charge >= 0.3 is 0 Å². The molecule has 4 rings (SSSR count). The Labute approximate surface area is 161 Å². The molecule has 0 spiro atoms. The van der Waals surface area contributed by atoms with Crippen LogP contribution in [0.3, 0.4) is 0 Å². The van der Waals surface area contributed by atoms with Crippen molar-refractivity contribution in [2.75, 3.05) is 45.3 Å². The number of methoxy groups -OCH3 is 2. The predicted molar refractivity (Wildman–Crippen MR) is 107 cm³/mol. The van der Waals surface area contributed by atoms with Gasteiger partial charge in [-0.05, 0) is 24.3 Å². The van der Waals surface area contributed by atoms with Gasteiger partial charge in [0.25, 0.3) is 5.91 Å². The second-order valence-electron chi connectivity index (χ2n) is 6.29. The van der Waals surface area contributed by atoms with Crippen LogP contribution in [0.25, 0.3) is 10.2 Å². The Balaban J connectivity index is 1.50. The van der Waals surface area contributed by atoms with E-state index < -0.39 is 0 Å². The fraction of sp³-hybridized carbons (Fsp3) is 0.300. The van der Waals surface area contributed by atoms with Gasteiger partial charge in [-0.15, -0.1) is 0 Å². The number of piperazine rings is 1. The highest BCUT2D eigenvalue weighted by Crippen LogP contribution is 2.40. The van der Waals surface area contributed by atoms with Gasteiger partial charge < -0.3 is 19.3 Å². The summed E-state index contributed by atoms with van der Waals surface area (Å²) in [6.07, 6.45) is 0. The Morgan fingerprint density at radius 3 is 2.41 bits per heavy atom. The third kappa shape index (κ3) is 3.30. The minimum Gasteiger partial charge on any atom is -0.493 e. The average molecular weight is 383 g/mol. The van der Waals surface area contributed by atoms with Crippen LogP contribution in [-0.2, 0) is 0 Å². The van der Waals surface area contributed by atoms with E-state index in [0.29, 0.717) is 24.6 Å². The summed E-state index contributed by atoms with van der Waals surface area (Å²) in [5, 5.41) is 0.948. The maximum atomic E-state index is 12.6. The average Bonchev–Trinajstić information content (AvgIpc) is 3.17. The minimum atomic E-state index is 0.0888. The third-order valence-electron chi connectivity index (χ3n) is 4.75. The molecular formula is C20H21N3O3S. The van der Waals surface area contributed by atoms with Crippen molar-refractivity contribution in [3.05, 3.63) is 48.0 Å². The summed E-state index contributed by atoms with van der Waals surface area (Å²) in [6, 6.07) is 13.3. The Morgan fingerprint density at radius 2 is 1.74 bits per heavy atom. The summed E-state index contributed by atoms with van der Waals surface area (Å²) < 4.78 is 11.9. The lowest BCUT2D eigenvalue weighted by atomic mass is 10.2. The van der Waals surface area contributed by atoms with Crippen LogP contribution in [0.15, 0.2) is 42.5 Å². The van der Waals surface area contributed by atoms with Gasteiger partial charge in [0.1, 0.15) is 5.52 Å². The highest BCUT2D eigenvalue weighted by atomic mass is 32.1. The molecule has 3 aromatic rings. The van der Waals surface area contributed by atoms with Gasteiger partial charge in [-0.25, -0.2) is 4.98 Å². The molecule has 0 atom stereocenters. The number of ether oxygens (including phenoxy) is 2. The monoisotopic (exact) mass is 383 g/mol. The van der Waals surface area contributed by atoms with Gasteiger partial charge in [-0.1, -0.05) is 29.5 Å². The van der Waals surface area contributed by atoms with Crippen LogP contribution in [0.4, 0.5) is 5.13 Å². The van der Waals surface area contributed by atoms with Gasteiger partial charge in [-0.3, -0.25) is 4.79 Å². The van der Waals surface area contributed by atoms with Gasteiger partial charge in [0.15, 0.2) is 16.6 Å².